The highest BCUT2D eigenvalue weighted by Gasteiger charge is 2.13. The minimum Gasteiger partial charge on any atom is -0.493 e. The quantitative estimate of drug-likeness (QED) is 0.556. The molecule has 1 fully saturated rings. The molecule has 160 valence electrons. The number of hydrogen-bond acceptors (Lipinski definition) is 8. The van der Waals surface area contributed by atoms with Gasteiger partial charge in [0, 0.05) is 49.2 Å². The number of aromatic nitrogens is 2. The first-order valence-corrected chi connectivity index (χ1v) is 10.3. The fraction of sp³-hybridized carbons (Fsp3) is 0.348. The molecule has 0 bridgehead atoms. The van der Waals surface area contributed by atoms with Crippen LogP contribution in [0.25, 0.3) is 10.9 Å². The van der Waals surface area contributed by atoms with Gasteiger partial charge in [0.25, 0.3) is 0 Å². The van der Waals surface area contributed by atoms with E-state index in [0.717, 1.165) is 61.5 Å². The number of benzene rings is 1. The van der Waals surface area contributed by atoms with E-state index in [1.807, 2.05) is 18.2 Å². The number of ether oxygens (including phenoxy) is 3. The van der Waals surface area contributed by atoms with Crippen LogP contribution in [0.2, 0.25) is 0 Å². The van der Waals surface area contributed by atoms with E-state index in [2.05, 4.69) is 26.3 Å². The Bertz CT molecular complexity index is 1080. The summed E-state index contributed by atoms with van der Waals surface area (Å²) in [5.74, 6) is 1.33. The van der Waals surface area contributed by atoms with Gasteiger partial charge in [0.15, 0.2) is 11.5 Å². The zero-order valence-electron chi connectivity index (χ0n) is 17.5. The van der Waals surface area contributed by atoms with Crippen LogP contribution >= 0.6 is 0 Å². The average Bonchev–Trinajstić information content (AvgIpc) is 2.82. The molecule has 1 N–H and O–H groups in total. The first-order valence-electron chi connectivity index (χ1n) is 10.3. The van der Waals surface area contributed by atoms with E-state index in [4.69, 9.17) is 19.5 Å². The summed E-state index contributed by atoms with van der Waals surface area (Å²) in [7, 11) is 1.63. The van der Waals surface area contributed by atoms with Gasteiger partial charge < -0.3 is 19.5 Å². The highest BCUT2D eigenvalue weighted by atomic mass is 16.5. The van der Waals surface area contributed by atoms with Crippen LogP contribution in [-0.2, 0) is 4.74 Å². The summed E-state index contributed by atoms with van der Waals surface area (Å²) in [6.07, 6.45) is 5.87. The summed E-state index contributed by atoms with van der Waals surface area (Å²) in [5, 5.41) is 13.3. The van der Waals surface area contributed by atoms with E-state index >= 15 is 0 Å². The van der Waals surface area contributed by atoms with Crippen molar-refractivity contribution in [1.29, 1.82) is 5.26 Å². The van der Waals surface area contributed by atoms with Crippen LogP contribution in [0.15, 0.2) is 42.9 Å². The van der Waals surface area contributed by atoms with Gasteiger partial charge in [-0.2, -0.15) is 5.26 Å². The Morgan fingerprint density at radius 3 is 2.87 bits per heavy atom. The van der Waals surface area contributed by atoms with Crippen molar-refractivity contribution >= 4 is 22.3 Å². The topological polar surface area (TPSA) is 92.5 Å². The van der Waals surface area contributed by atoms with Gasteiger partial charge >= 0.3 is 0 Å². The van der Waals surface area contributed by atoms with Crippen LogP contribution < -0.4 is 14.8 Å². The van der Waals surface area contributed by atoms with Crippen LogP contribution in [0.5, 0.6) is 11.5 Å². The Morgan fingerprint density at radius 2 is 2.06 bits per heavy atom. The molecule has 3 aromatic rings. The van der Waals surface area contributed by atoms with Gasteiger partial charge in [0.05, 0.1) is 49.9 Å². The fourth-order valence-electron chi connectivity index (χ4n) is 3.55. The number of nitrogens with one attached hydrogen (secondary N) is 1. The molecule has 0 unspecified atom stereocenters. The van der Waals surface area contributed by atoms with Crippen molar-refractivity contribution in [2.75, 3.05) is 51.9 Å². The minimum absolute atomic E-state index is 0.494. The van der Waals surface area contributed by atoms with Crippen LogP contribution in [0.1, 0.15) is 12.0 Å². The number of fused-ring (bicyclic) bond motifs is 1. The molecule has 8 nitrogen and oxygen atoms in total. The molecule has 0 amide bonds. The standard InChI is InChI=1S/C23H25N5O3/c1-29-22-12-19-20(27-18-11-17(14-24)15-25-16-18)3-4-26-21(19)13-23(22)31-8-2-5-28-6-9-30-10-7-28/h3-4,11-13,15-16H,2,5-10H2,1H3,(H,26,27). The van der Waals surface area contributed by atoms with E-state index in [9.17, 15) is 0 Å². The number of nitriles is 1. The number of rotatable bonds is 8. The van der Waals surface area contributed by atoms with Crippen molar-refractivity contribution in [3.05, 3.63) is 48.4 Å². The normalized spacial score (nSPS) is 14.2. The van der Waals surface area contributed by atoms with Crippen molar-refractivity contribution in [3.8, 4) is 17.6 Å². The maximum Gasteiger partial charge on any atom is 0.163 e. The molecular formula is C23H25N5O3. The van der Waals surface area contributed by atoms with Gasteiger partial charge in [-0.3, -0.25) is 14.9 Å². The Labute approximate surface area is 181 Å². The maximum atomic E-state index is 9.10. The molecule has 0 saturated carbocycles. The van der Waals surface area contributed by atoms with Crippen molar-refractivity contribution in [2.24, 2.45) is 0 Å². The predicted octanol–water partition coefficient (Wildman–Crippen LogP) is 3.35. The molecule has 1 aromatic carbocycles. The first-order chi connectivity index (χ1) is 15.3. The Balaban J connectivity index is 1.49. The van der Waals surface area contributed by atoms with E-state index in [1.54, 1.807) is 25.6 Å². The molecule has 0 radical (unpaired) electrons. The lowest BCUT2D eigenvalue weighted by atomic mass is 10.1. The monoisotopic (exact) mass is 419 g/mol. The van der Waals surface area contributed by atoms with Gasteiger partial charge in [0.1, 0.15) is 6.07 Å². The lowest BCUT2D eigenvalue weighted by Gasteiger charge is -2.26. The maximum absolute atomic E-state index is 9.10. The summed E-state index contributed by atoms with van der Waals surface area (Å²) < 4.78 is 17.0. The van der Waals surface area contributed by atoms with Gasteiger partial charge in [-0.05, 0) is 24.6 Å². The molecule has 1 saturated heterocycles. The van der Waals surface area contributed by atoms with Gasteiger partial charge in [-0.15, -0.1) is 0 Å². The number of morpholine rings is 1. The lowest BCUT2D eigenvalue weighted by Crippen LogP contribution is -2.37. The molecule has 1 aliphatic rings. The van der Waals surface area contributed by atoms with Gasteiger partial charge in [-0.1, -0.05) is 0 Å². The fourth-order valence-corrected chi connectivity index (χ4v) is 3.55. The molecule has 0 aliphatic carbocycles. The van der Waals surface area contributed by atoms with Crippen LogP contribution in [0, 0.1) is 11.3 Å². The van der Waals surface area contributed by atoms with Crippen LogP contribution in [0.3, 0.4) is 0 Å². The molecular weight excluding hydrogens is 394 g/mol. The second-order valence-corrected chi connectivity index (χ2v) is 7.23. The Kier molecular flexibility index (Phi) is 6.77. The molecule has 1 aliphatic heterocycles. The lowest BCUT2D eigenvalue weighted by molar-refractivity contribution is 0.0357. The molecule has 31 heavy (non-hydrogen) atoms. The Hall–Kier alpha value is -3.41. The first kappa shape index (κ1) is 20.8. The van der Waals surface area contributed by atoms with Crippen molar-refractivity contribution in [3.63, 3.8) is 0 Å². The number of anilines is 2. The summed E-state index contributed by atoms with van der Waals surface area (Å²) >= 11 is 0. The predicted molar refractivity (Wildman–Crippen MR) is 118 cm³/mol. The van der Waals surface area contributed by atoms with E-state index in [-0.39, 0.29) is 0 Å². The largest absolute Gasteiger partial charge is 0.493 e. The van der Waals surface area contributed by atoms with Gasteiger partial charge in [-0.25, -0.2) is 0 Å². The number of methoxy groups -OCH3 is 1. The SMILES string of the molecule is COc1cc2c(Nc3cncc(C#N)c3)ccnc2cc1OCCCN1CCOCC1. The van der Waals surface area contributed by atoms with Crippen LogP contribution in [-0.4, -0.2) is 61.4 Å². The van der Waals surface area contributed by atoms with Crippen molar-refractivity contribution < 1.29 is 14.2 Å². The number of hydrogen-bond donors (Lipinski definition) is 1. The second-order valence-electron chi connectivity index (χ2n) is 7.23. The highest BCUT2D eigenvalue weighted by molar-refractivity contribution is 5.95. The minimum atomic E-state index is 0.494. The summed E-state index contributed by atoms with van der Waals surface area (Å²) in [5.41, 5.74) is 2.86. The number of nitrogens with zero attached hydrogens (tertiary/aromatic N) is 4. The Morgan fingerprint density at radius 1 is 1.19 bits per heavy atom. The molecule has 8 heteroatoms. The third kappa shape index (κ3) is 5.20. The van der Waals surface area contributed by atoms with E-state index < -0.39 is 0 Å². The molecule has 0 spiro atoms. The van der Waals surface area contributed by atoms with E-state index in [1.165, 1.54) is 6.20 Å². The average molecular weight is 419 g/mol. The third-order valence-electron chi connectivity index (χ3n) is 5.15. The van der Waals surface area contributed by atoms with Gasteiger partial charge in [0.2, 0.25) is 0 Å². The molecule has 2 aromatic heterocycles. The highest BCUT2D eigenvalue weighted by Crippen LogP contribution is 2.35. The van der Waals surface area contributed by atoms with E-state index in [0.29, 0.717) is 23.7 Å². The van der Waals surface area contributed by atoms with Crippen LogP contribution in [0.4, 0.5) is 11.4 Å². The second kappa shape index (κ2) is 10.1. The zero-order valence-corrected chi connectivity index (χ0v) is 17.5. The zero-order chi connectivity index (χ0) is 21.5. The van der Waals surface area contributed by atoms with Crippen molar-refractivity contribution in [2.45, 2.75) is 6.42 Å². The molecule has 0 atom stereocenters. The smallest absolute Gasteiger partial charge is 0.163 e. The molecule has 4 rings (SSSR count). The third-order valence-corrected chi connectivity index (χ3v) is 5.15. The number of pyridine rings is 2. The summed E-state index contributed by atoms with van der Waals surface area (Å²) in [6.45, 7) is 5.15. The van der Waals surface area contributed by atoms with Crippen molar-refractivity contribution in [1.82, 2.24) is 14.9 Å². The molecule has 3 heterocycles. The summed E-state index contributed by atoms with van der Waals surface area (Å²) in [6, 6.07) is 9.55. The summed E-state index contributed by atoms with van der Waals surface area (Å²) in [4.78, 5) is 11.0.